The summed E-state index contributed by atoms with van der Waals surface area (Å²) < 4.78 is 130. The fourth-order valence-electron chi connectivity index (χ4n) is 5.64. The number of amides is 1. The van der Waals surface area contributed by atoms with Crippen molar-refractivity contribution in [1.29, 1.82) is 0 Å². The summed E-state index contributed by atoms with van der Waals surface area (Å²) in [7, 11) is 0. The Morgan fingerprint density at radius 1 is 0.894 bits per heavy atom. The summed E-state index contributed by atoms with van der Waals surface area (Å²) in [4.78, 5) is 18.5. The van der Waals surface area contributed by atoms with Crippen molar-refractivity contribution in [3.05, 3.63) is 75.9 Å². The first-order chi connectivity index (χ1) is 21.9. The molecule has 0 saturated carbocycles. The molecule has 2 aromatic carbocycles. The minimum absolute atomic E-state index is 0.0137. The van der Waals surface area contributed by atoms with Crippen LogP contribution in [0.2, 0.25) is 0 Å². The van der Waals surface area contributed by atoms with Gasteiger partial charge in [-0.25, -0.2) is 4.79 Å². The molecule has 0 aliphatic carbocycles. The van der Waals surface area contributed by atoms with Crippen molar-refractivity contribution >= 4 is 11.8 Å². The number of unbranched alkanes of at least 4 members (excludes halogenated alkanes) is 3. The molecule has 1 aliphatic heterocycles. The highest BCUT2D eigenvalue weighted by Gasteiger charge is 2.47. The van der Waals surface area contributed by atoms with E-state index in [-0.39, 0.29) is 66.9 Å². The number of hydrogen-bond donors (Lipinski definition) is 1. The molecule has 0 bridgehead atoms. The molecule has 1 amide bonds. The number of benzene rings is 2. The minimum Gasteiger partial charge on any atom is -0.449 e. The lowest BCUT2D eigenvalue weighted by molar-refractivity contribution is -0.143. The van der Waals surface area contributed by atoms with Gasteiger partial charge in [0, 0.05) is 6.42 Å². The third kappa shape index (κ3) is 8.37. The number of carbonyl (C=O) groups excluding carboxylic acids is 1. The number of fused-ring (bicyclic) bond motifs is 1. The number of rotatable bonds is 10. The Hall–Kier alpha value is -3.82. The smallest absolute Gasteiger partial charge is 0.416 e. The van der Waals surface area contributed by atoms with E-state index in [1.165, 1.54) is 6.07 Å². The third-order valence-electron chi connectivity index (χ3n) is 8.09. The fraction of sp³-hybridized carbons (Fsp3) is 0.516. The van der Waals surface area contributed by atoms with Gasteiger partial charge in [0.1, 0.15) is 5.66 Å². The number of carbonyl (C=O) groups is 1. The van der Waals surface area contributed by atoms with Crippen molar-refractivity contribution in [2.24, 2.45) is 5.73 Å². The summed E-state index contributed by atoms with van der Waals surface area (Å²) >= 11 is 0. The zero-order valence-corrected chi connectivity index (χ0v) is 25.5. The number of halogens is 9. The summed E-state index contributed by atoms with van der Waals surface area (Å²) in [5, 5.41) is 4.01. The fourth-order valence-corrected chi connectivity index (χ4v) is 5.64. The van der Waals surface area contributed by atoms with Crippen LogP contribution in [0, 0.1) is 0 Å². The van der Waals surface area contributed by atoms with Crippen molar-refractivity contribution in [2.75, 3.05) is 11.5 Å². The molecule has 3 aromatic rings. The average Bonchev–Trinajstić information content (AvgIpc) is 3.45. The van der Waals surface area contributed by atoms with Gasteiger partial charge in [0.15, 0.2) is 5.82 Å². The molecule has 2 heterocycles. The predicted molar refractivity (Wildman–Crippen MR) is 151 cm³/mol. The zero-order valence-electron chi connectivity index (χ0n) is 25.5. The van der Waals surface area contributed by atoms with E-state index < -0.39 is 52.9 Å². The van der Waals surface area contributed by atoms with Gasteiger partial charge in [-0.3, -0.25) is 4.90 Å². The molecule has 0 spiro atoms. The maximum atomic E-state index is 13.7. The maximum absolute atomic E-state index is 13.7. The second kappa shape index (κ2) is 13.7. The highest BCUT2D eigenvalue weighted by molar-refractivity contribution is 5.91. The summed E-state index contributed by atoms with van der Waals surface area (Å²) in [5.41, 5.74) is 1.83. The van der Waals surface area contributed by atoms with Crippen LogP contribution < -0.4 is 10.6 Å². The van der Waals surface area contributed by atoms with Gasteiger partial charge in [-0.2, -0.15) is 44.5 Å². The van der Waals surface area contributed by atoms with E-state index in [0.29, 0.717) is 25.7 Å². The van der Waals surface area contributed by atoms with Crippen LogP contribution >= 0.6 is 0 Å². The van der Waals surface area contributed by atoms with Gasteiger partial charge in [0.05, 0.1) is 34.9 Å². The number of ether oxygens (including phenoxy) is 1. The Bertz CT molecular complexity index is 1520. The topological polar surface area (TPSA) is 94.5 Å². The van der Waals surface area contributed by atoms with Gasteiger partial charge in [-0.05, 0) is 86.6 Å². The number of hydrogen-bond acceptors (Lipinski definition) is 6. The van der Waals surface area contributed by atoms with E-state index in [4.69, 9.17) is 15.0 Å². The quantitative estimate of drug-likeness (QED) is 0.170. The normalized spacial score (nSPS) is 18.7. The molecule has 2 atom stereocenters. The van der Waals surface area contributed by atoms with Crippen LogP contribution in [0.3, 0.4) is 0 Å². The van der Waals surface area contributed by atoms with Crippen molar-refractivity contribution in [2.45, 2.75) is 95.3 Å². The maximum Gasteiger partial charge on any atom is 0.416 e. The van der Waals surface area contributed by atoms with E-state index in [2.05, 4.69) is 10.1 Å². The predicted octanol–water partition coefficient (Wildman–Crippen LogP) is 9.04. The summed E-state index contributed by atoms with van der Waals surface area (Å²) in [6.45, 7) is 3.34. The molecule has 0 radical (unpaired) electrons. The van der Waals surface area contributed by atoms with Crippen LogP contribution in [0.15, 0.2) is 40.9 Å². The molecule has 2 N–H and O–H groups in total. The van der Waals surface area contributed by atoms with Gasteiger partial charge in [0.2, 0.25) is 5.89 Å². The molecule has 258 valence electrons. The SMILES string of the molecule is CCOC(=O)N1c2ccc(C(F)(F)F)cc2[C@@H](c2noc(CCCCCCc3cc(C(F)(F)F)cc(C(F)(F)F)c3)n2)C[C@@]1(N)CC. The Labute approximate surface area is 264 Å². The van der Waals surface area contributed by atoms with Crippen LogP contribution in [0.5, 0.6) is 0 Å². The molecule has 1 aliphatic rings. The van der Waals surface area contributed by atoms with Crippen LogP contribution in [-0.4, -0.2) is 28.5 Å². The van der Waals surface area contributed by atoms with Crippen LogP contribution in [-0.2, 0) is 36.1 Å². The van der Waals surface area contributed by atoms with Gasteiger partial charge >= 0.3 is 24.6 Å². The van der Waals surface area contributed by atoms with Gasteiger partial charge in [-0.1, -0.05) is 24.9 Å². The largest absolute Gasteiger partial charge is 0.449 e. The molecule has 0 saturated heterocycles. The minimum atomic E-state index is -4.91. The number of nitrogens with two attached hydrogens (primary N) is 1. The first-order valence-corrected chi connectivity index (χ1v) is 14.9. The Morgan fingerprint density at radius 2 is 1.49 bits per heavy atom. The number of aromatic nitrogens is 2. The highest BCUT2D eigenvalue weighted by Crippen LogP contribution is 2.47. The molecular formula is C31H33F9N4O3. The standard InChI is InChI=1S/C31H33F9N4O3/c1-3-28(41)17-23(22-16-19(29(32,33)34)11-12-24(22)44(28)27(45)46-4-2)26-42-25(47-43-26)10-8-6-5-7-9-18-13-20(30(35,36)37)15-21(14-18)31(38,39)40/h11-16,23H,3-10,17,41H2,1-2H3/t23-,28+/m0/s1. The zero-order chi connectivity index (χ0) is 34.8. The van der Waals surface area contributed by atoms with Crippen molar-refractivity contribution < 1.29 is 53.6 Å². The van der Waals surface area contributed by atoms with Gasteiger partial charge in [0.25, 0.3) is 0 Å². The molecule has 0 fully saturated rings. The third-order valence-corrected chi connectivity index (χ3v) is 8.09. The van der Waals surface area contributed by atoms with E-state index >= 15 is 0 Å². The molecule has 0 unspecified atom stereocenters. The van der Waals surface area contributed by atoms with Crippen molar-refractivity contribution in [3.8, 4) is 0 Å². The number of anilines is 1. The summed E-state index contributed by atoms with van der Waals surface area (Å²) in [6.07, 6.45) is -13.0. The number of aryl methyl sites for hydroxylation is 2. The van der Waals surface area contributed by atoms with Crippen molar-refractivity contribution in [1.82, 2.24) is 10.1 Å². The summed E-state index contributed by atoms with van der Waals surface area (Å²) in [6, 6.07) is 4.48. The van der Waals surface area contributed by atoms with Crippen LogP contribution in [0.25, 0.3) is 0 Å². The van der Waals surface area contributed by atoms with Gasteiger partial charge in [-0.15, -0.1) is 0 Å². The van der Waals surface area contributed by atoms with E-state index in [1.54, 1.807) is 13.8 Å². The number of alkyl halides is 9. The second-order valence-corrected chi connectivity index (χ2v) is 11.4. The van der Waals surface area contributed by atoms with E-state index in [1.807, 2.05) is 0 Å². The lowest BCUT2D eigenvalue weighted by Crippen LogP contribution is -2.61. The lowest BCUT2D eigenvalue weighted by atomic mass is 9.80. The van der Waals surface area contributed by atoms with E-state index in [9.17, 15) is 44.3 Å². The summed E-state index contributed by atoms with van der Waals surface area (Å²) in [5.74, 6) is -0.583. The van der Waals surface area contributed by atoms with E-state index in [0.717, 1.165) is 29.2 Å². The van der Waals surface area contributed by atoms with Gasteiger partial charge < -0.3 is 15.0 Å². The van der Waals surface area contributed by atoms with Crippen molar-refractivity contribution in [3.63, 3.8) is 0 Å². The average molecular weight is 681 g/mol. The molecule has 47 heavy (non-hydrogen) atoms. The molecule has 7 nitrogen and oxygen atoms in total. The molecule has 16 heteroatoms. The highest BCUT2D eigenvalue weighted by atomic mass is 19.4. The number of nitrogens with zero attached hydrogens (tertiary/aromatic N) is 3. The first kappa shape index (κ1) is 36.0. The molecule has 1 aromatic heterocycles. The first-order valence-electron chi connectivity index (χ1n) is 14.9. The molecular weight excluding hydrogens is 647 g/mol. The van der Waals surface area contributed by atoms with Crippen LogP contribution in [0.4, 0.5) is 50.0 Å². The monoisotopic (exact) mass is 680 g/mol. The Kier molecular flexibility index (Phi) is 10.5. The van der Waals surface area contributed by atoms with Crippen LogP contribution in [0.1, 0.15) is 97.8 Å². The second-order valence-electron chi connectivity index (χ2n) is 11.4. The Morgan fingerprint density at radius 3 is 2.04 bits per heavy atom. The molecule has 4 rings (SSSR count). The lowest BCUT2D eigenvalue weighted by Gasteiger charge is -2.46. The Balaban J connectivity index is 1.44.